The highest BCUT2D eigenvalue weighted by Crippen LogP contribution is 2.40. The van der Waals surface area contributed by atoms with Gasteiger partial charge in [0.2, 0.25) is 0 Å². The Morgan fingerprint density at radius 3 is 2.00 bits per heavy atom. The lowest BCUT2D eigenvalue weighted by Gasteiger charge is -2.30. The number of carboxylic acid groups (broad SMARTS) is 1. The molecule has 0 aromatic heterocycles. The summed E-state index contributed by atoms with van der Waals surface area (Å²) in [7, 11) is 0. The Morgan fingerprint density at radius 2 is 1.57 bits per heavy atom. The Kier molecular flexibility index (Phi) is 9.43. The van der Waals surface area contributed by atoms with E-state index in [1.807, 2.05) is 25.7 Å². The van der Waals surface area contributed by atoms with Gasteiger partial charge < -0.3 is 10.0 Å². The number of halogens is 3. The maximum atomic E-state index is 14.7. The number of hydrogen-bond donors (Lipinski definition) is 1. The molecule has 0 amide bonds. The molecule has 30 heavy (non-hydrogen) atoms. The smallest absolute Gasteiger partial charge is 0.338 e. The van der Waals surface area contributed by atoms with Crippen LogP contribution >= 0.6 is 12.4 Å². The standard InChI is InChI=1S/C23H27F2NO3.ClH/c1-5-10-26(11-6-2)22-18(17-9-8-16(24)13-19(17)25)12-15(7-3)20(14(4)27)21(22)23(28)29;/h8-9,12-13H,5-7,10-11H2,1-4H3,(H,28,29);1H. The van der Waals surface area contributed by atoms with Crippen molar-refractivity contribution in [2.24, 2.45) is 0 Å². The van der Waals surface area contributed by atoms with E-state index >= 15 is 0 Å². The first-order chi connectivity index (χ1) is 13.8. The molecule has 0 aliphatic rings. The molecule has 0 aliphatic heterocycles. The summed E-state index contributed by atoms with van der Waals surface area (Å²) in [5.74, 6) is -3.06. The Labute approximate surface area is 182 Å². The van der Waals surface area contributed by atoms with Crippen LogP contribution in [0.25, 0.3) is 11.1 Å². The number of carboxylic acids is 1. The number of carbonyl (C=O) groups is 2. The van der Waals surface area contributed by atoms with Crippen LogP contribution in [0.5, 0.6) is 0 Å². The van der Waals surface area contributed by atoms with E-state index in [0.29, 0.717) is 36.3 Å². The van der Waals surface area contributed by atoms with Gasteiger partial charge in [-0.3, -0.25) is 4.79 Å². The molecule has 2 rings (SSSR count). The van der Waals surface area contributed by atoms with E-state index in [1.165, 1.54) is 13.0 Å². The first-order valence-corrected chi connectivity index (χ1v) is 9.91. The van der Waals surface area contributed by atoms with Gasteiger partial charge in [-0.1, -0.05) is 20.8 Å². The number of aryl methyl sites for hydroxylation is 1. The molecule has 0 spiro atoms. The molecule has 164 valence electrons. The van der Waals surface area contributed by atoms with Gasteiger partial charge in [0, 0.05) is 35.8 Å². The maximum Gasteiger partial charge on any atom is 0.338 e. The number of Topliss-reactive ketones (excluding diaryl/α,β-unsaturated/α-hetero) is 1. The number of benzene rings is 2. The minimum absolute atomic E-state index is 0. The zero-order valence-electron chi connectivity index (χ0n) is 17.7. The van der Waals surface area contributed by atoms with Crippen molar-refractivity contribution in [2.75, 3.05) is 18.0 Å². The molecular weight excluding hydrogens is 412 g/mol. The fraction of sp³-hybridized carbons (Fsp3) is 0.391. The highest BCUT2D eigenvalue weighted by molar-refractivity contribution is 6.12. The van der Waals surface area contributed by atoms with Crippen LogP contribution in [0.15, 0.2) is 24.3 Å². The molecule has 0 fully saturated rings. The molecule has 4 nitrogen and oxygen atoms in total. The van der Waals surface area contributed by atoms with E-state index in [-0.39, 0.29) is 34.9 Å². The van der Waals surface area contributed by atoms with Gasteiger partial charge in [0.1, 0.15) is 11.6 Å². The number of anilines is 1. The van der Waals surface area contributed by atoms with Crippen molar-refractivity contribution in [3.8, 4) is 11.1 Å². The number of hydrogen-bond acceptors (Lipinski definition) is 3. The first kappa shape index (κ1) is 25.6. The van der Waals surface area contributed by atoms with Crippen LogP contribution in [0, 0.1) is 11.6 Å². The molecule has 0 radical (unpaired) electrons. The highest BCUT2D eigenvalue weighted by atomic mass is 35.5. The summed E-state index contributed by atoms with van der Waals surface area (Å²) >= 11 is 0. The minimum atomic E-state index is -1.23. The molecular formula is C23H28ClF2NO3. The molecule has 0 atom stereocenters. The third kappa shape index (κ3) is 5.17. The molecule has 0 bridgehead atoms. The van der Waals surface area contributed by atoms with E-state index in [9.17, 15) is 23.5 Å². The highest BCUT2D eigenvalue weighted by Gasteiger charge is 2.29. The Hall–Kier alpha value is -2.47. The topological polar surface area (TPSA) is 57.6 Å². The number of ketones is 1. The molecule has 1 N–H and O–H groups in total. The van der Waals surface area contributed by atoms with Crippen LogP contribution in [-0.2, 0) is 6.42 Å². The molecule has 0 saturated carbocycles. The van der Waals surface area contributed by atoms with Crippen molar-refractivity contribution in [2.45, 2.75) is 47.0 Å². The SMILES string of the molecule is CCCN(CCC)c1c(-c2ccc(F)cc2F)cc(CC)c(C(C)=O)c1C(=O)O.Cl. The van der Waals surface area contributed by atoms with Gasteiger partial charge in [-0.25, -0.2) is 13.6 Å². The van der Waals surface area contributed by atoms with Gasteiger partial charge in [0.15, 0.2) is 5.78 Å². The number of carbonyl (C=O) groups excluding carboxylic acids is 1. The van der Waals surface area contributed by atoms with Crippen LogP contribution in [0.2, 0.25) is 0 Å². The lowest BCUT2D eigenvalue weighted by Crippen LogP contribution is -2.29. The maximum absolute atomic E-state index is 14.7. The normalized spacial score (nSPS) is 10.5. The molecule has 2 aromatic carbocycles. The van der Waals surface area contributed by atoms with Gasteiger partial charge >= 0.3 is 5.97 Å². The molecule has 0 unspecified atom stereocenters. The minimum Gasteiger partial charge on any atom is -0.478 e. The molecule has 0 saturated heterocycles. The first-order valence-electron chi connectivity index (χ1n) is 9.91. The fourth-order valence-electron chi connectivity index (χ4n) is 3.73. The van der Waals surface area contributed by atoms with E-state index in [0.717, 1.165) is 25.0 Å². The van der Waals surface area contributed by atoms with Crippen molar-refractivity contribution in [1.29, 1.82) is 0 Å². The van der Waals surface area contributed by atoms with E-state index in [1.54, 1.807) is 6.07 Å². The van der Waals surface area contributed by atoms with E-state index in [4.69, 9.17) is 0 Å². The lowest BCUT2D eigenvalue weighted by molar-refractivity contribution is 0.0692. The van der Waals surface area contributed by atoms with E-state index < -0.39 is 17.6 Å². The predicted octanol–water partition coefficient (Wildman–Crippen LogP) is 6.14. The number of aromatic carboxylic acids is 1. The van der Waals surface area contributed by atoms with Crippen molar-refractivity contribution in [3.63, 3.8) is 0 Å². The Balaban J connectivity index is 0.00000450. The number of nitrogens with zero attached hydrogens (tertiary/aromatic N) is 1. The summed E-state index contributed by atoms with van der Waals surface area (Å²) < 4.78 is 28.2. The summed E-state index contributed by atoms with van der Waals surface area (Å²) in [5, 5.41) is 10.1. The molecule has 0 heterocycles. The summed E-state index contributed by atoms with van der Waals surface area (Å²) in [6.45, 7) is 8.18. The number of rotatable bonds is 9. The summed E-state index contributed by atoms with van der Waals surface area (Å²) in [6.07, 6.45) is 1.90. The predicted molar refractivity (Wildman–Crippen MR) is 118 cm³/mol. The third-order valence-corrected chi connectivity index (χ3v) is 4.85. The zero-order valence-corrected chi connectivity index (χ0v) is 18.5. The fourth-order valence-corrected chi connectivity index (χ4v) is 3.73. The summed E-state index contributed by atoms with van der Waals surface area (Å²) in [5.41, 5.74) is 1.37. The van der Waals surface area contributed by atoms with Crippen LogP contribution in [-0.4, -0.2) is 29.9 Å². The second-order valence-corrected chi connectivity index (χ2v) is 7.01. The van der Waals surface area contributed by atoms with Gasteiger partial charge in [0.25, 0.3) is 0 Å². The second kappa shape index (κ2) is 11.1. The van der Waals surface area contributed by atoms with Gasteiger partial charge in [0.05, 0.1) is 11.3 Å². The zero-order chi connectivity index (χ0) is 21.7. The largest absolute Gasteiger partial charge is 0.478 e. The average Bonchev–Trinajstić information content (AvgIpc) is 2.66. The van der Waals surface area contributed by atoms with Gasteiger partial charge in [-0.05, 0) is 49.9 Å². The molecule has 0 aliphatic carbocycles. The van der Waals surface area contributed by atoms with Crippen LogP contribution < -0.4 is 4.90 Å². The van der Waals surface area contributed by atoms with Crippen molar-refractivity contribution in [3.05, 3.63) is 52.6 Å². The Morgan fingerprint density at radius 1 is 0.967 bits per heavy atom. The lowest BCUT2D eigenvalue weighted by atomic mass is 9.88. The van der Waals surface area contributed by atoms with Crippen molar-refractivity contribution < 1.29 is 23.5 Å². The van der Waals surface area contributed by atoms with Crippen molar-refractivity contribution >= 4 is 29.8 Å². The van der Waals surface area contributed by atoms with Crippen molar-refractivity contribution in [1.82, 2.24) is 0 Å². The summed E-state index contributed by atoms with van der Waals surface area (Å²) in [6, 6.07) is 4.93. The molecule has 2 aromatic rings. The quantitative estimate of drug-likeness (QED) is 0.476. The van der Waals surface area contributed by atoms with Crippen LogP contribution in [0.4, 0.5) is 14.5 Å². The Bertz CT molecular complexity index is 925. The summed E-state index contributed by atoms with van der Waals surface area (Å²) in [4.78, 5) is 26.6. The average molecular weight is 440 g/mol. The van der Waals surface area contributed by atoms with Crippen LogP contribution in [0.3, 0.4) is 0 Å². The van der Waals surface area contributed by atoms with E-state index in [2.05, 4.69) is 0 Å². The van der Waals surface area contributed by atoms with Crippen LogP contribution in [0.1, 0.15) is 66.8 Å². The van der Waals surface area contributed by atoms with Gasteiger partial charge in [-0.15, -0.1) is 12.4 Å². The monoisotopic (exact) mass is 439 g/mol. The third-order valence-electron chi connectivity index (χ3n) is 4.85. The second-order valence-electron chi connectivity index (χ2n) is 7.01. The van der Waals surface area contributed by atoms with Gasteiger partial charge in [-0.2, -0.15) is 0 Å². The molecule has 7 heteroatoms.